The van der Waals surface area contributed by atoms with Crippen LogP contribution in [0, 0.1) is 5.95 Å². The average molecular weight is 483 g/mol. The van der Waals surface area contributed by atoms with Gasteiger partial charge in [-0.25, -0.2) is 9.98 Å². The Morgan fingerprint density at radius 3 is 2.41 bits per heavy atom. The van der Waals surface area contributed by atoms with Crippen molar-refractivity contribution in [1.29, 1.82) is 0 Å². The number of hydrogen-bond donors (Lipinski definition) is 2. The number of benzene rings is 2. The molecule has 4 rings (SSSR count). The predicted octanol–water partition coefficient (Wildman–Crippen LogP) is 2.74. The molecule has 0 aliphatic carbocycles. The summed E-state index contributed by atoms with van der Waals surface area (Å²) < 4.78 is 46.8. The molecule has 2 atom stereocenters. The van der Waals surface area contributed by atoms with Crippen molar-refractivity contribution >= 4 is 22.0 Å². The van der Waals surface area contributed by atoms with Crippen molar-refractivity contribution in [2.24, 2.45) is 10.7 Å². The molecule has 0 bridgehead atoms. The van der Waals surface area contributed by atoms with Crippen molar-refractivity contribution in [2.75, 3.05) is 7.05 Å². The number of guanidine groups is 1. The number of aromatic nitrogens is 1. The van der Waals surface area contributed by atoms with E-state index in [0.717, 1.165) is 0 Å². The van der Waals surface area contributed by atoms with Crippen molar-refractivity contribution < 1.29 is 22.2 Å². The Morgan fingerprint density at radius 2 is 1.79 bits per heavy atom. The first-order valence-corrected chi connectivity index (χ1v) is 11.9. The molecule has 10 heteroatoms. The van der Waals surface area contributed by atoms with Gasteiger partial charge in [-0.3, -0.25) is 14.2 Å². The number of nitrogens with two attached hydrogens (primary N) is 1. The standard InChI is InChI=1S/C24H23FN4O4S/c1-15(34(31,32)33)12-16-6-3-8-18(13-16)24(22(30)29(2)23(26)28-24)19-9-4-7-17(14-19)20-10-5-11-27-21(20)25/h3-11,13-15H,12H2,1-2H3,(H2,26,28)(H,31,32,33). The van der Waals surface area contributed by atoms with Crippen molar-refractivity contribution in [3.8, 4) is 11.1 Å². The third kappa shape index (κ3) is 4.06. The molecule has 2 aromatic carbocycles. The highest BCUT2D eigenvalue weighted by molar-refractivity contribution is 7.86. The zero-order valence-corrected chi connectivity index (χ0v) is 19.3. The van der Waals surface area contributed by atoms with E-state index in [1.54, 1.807) is 60.7 Å². The maximum atomic E-state index is 14.4. The van der Waals surface area contributed by atoms with Gasteiger partial charge in [-0.1, -0.05) is 42.5 Å². The minimum atomic E-state index is -4.23. The third-order valence-corrected chi connectivity index (χ3v) is 7.15. The monoisotopic (exact) mass is 482 g/mol. The summed E-state index contributed by atoms with van der Waals surface area (Å²) in [4.78, 5) is 23.0. The number of halogens is 1. The lowest BCUT2D eigenvalue weighted by Crippen LogP contribution is -2.41. The van der Waals surface area contributed by atoms with E-state index in [2.05, 4.69) is 9.98 Å². The fourth-order valence-electron chi connectivity index (χ4n) is 4.06. The number of carbonyl (C=O) groups excluding carboxylic acids is 1. The van der Waals surface area contributed by atoms with E-state index in [-0.39, 0.29) is 17.9 Å². The third-order valence-electron chi connectivity index (χ3n) is 5.97. The Bertz CT molecular complexity index is 1410. The van der Waals surface area contributed by atoms with E-state index in [4.69, 9.17) is 5.73 Å². The number of rotatable bonds is 6. The lowest BCUT2D eigenvalue weighted by molar-refractivity contribution is -0.129. The first-order valence-electron chi connectivity index (χ1n) is 10.4. The van der Waals surface area contributed by atoms with Crippen LogP contribution in [0.5, 0.6) is 0 Å². The summed E-state index contributed by atoms with van der Waals surface area (Å²) in [5.74, 6) is -1.04. The molecule has 1 amide bonds. The Hall–Kier alpha value is -3.63. The molecule has 0 saturated heterocycles. The van der Waals surface area contributed by atoms with E-state index in [1.807, 2.05) is 0 Å². The van der Waals surface area contributed by atoms with Crippen molar-refractivity contribution in [2.45, 2.75) is 24.1 Å². The van der Waals surface area contributed by atoms with E-state index in [9.17, 15) is 22.2 Å². The van der Waals surface area contributed by atoms with Crippen molar-refractivity contribution in [3.05, 3.63) is 89.5 Å². The van der Waals surface area contributed by atoms with Gasteiger partial charge < -0.3 is 5.73 Å². The summed E-state index contributed by atoms with van der Waals surface area (Å²) in [6, 6.07) is 16.7. The van der Waals surface area contributed by atoms with E-state index >= 15 is 0 Å². The summed E-state index contributed by atoms with van der Waals surface area (Å²) in [6.07, 6.45) is 1.39. The summed E-state index contributed by atoms with van der Waals surface area (Å²) in [7, 11) is -2.72. The van der Waals surface area contributed by atoms with Crippen LogP contribution >= 0.6 is 0 Å². The van der Waals surface area contributed by atoms with E-state index in [0.29, 0.717) is 22.3 Å². The Labute approximate surface area is 196 Å². The van der Waals surface area contributed by atoms with Gasteiger partial charge in [0.2, 0.25) is 5.95 Å². The van der Waals surface area contributed by atoms with Crippen LogP contribution in [0.25, 0.3) is 11.1 Å². The number of amides is 1. The highest BCUT2D eigenvalue weighted by Gasteiger charge is 2.49. The molecule has 3 aromatic rings. The molecule has 3 N–H and O–H groups in total. The molecule has 34 heavy (non-hydrogen) atoms. The minimum Gasteiger partial charge on any atom is -0.369 e. The largest absolute Gasteiger partial charge is 0.369 e. The second-order valence-electron chi connectivity index (χ2n) is 8.20. The topological polar surface area (TPSA) is 126 Å². The van der Waals surface area contributed by atoms with Crippen LogP contribution in [0.15, 0.2) is 71.9 Å². The molecule has 176 valence electrons. The summed E-state index contributed by atoms with van der Waals surface area (Å²) >= 11 is 0. The SMILES string of the molecule is CC(Cc1cccc(C2(c3cccc(-c4cccnc4F)c3)N=C(N)N(C)C2=O)c1)S(=O)(=O)O. The van der Waals surface area contributed by atoms with Crippen LogP contribution < -0.4 is 5.73 Å². The van der Waals surface area contributed by atoms with Gasteiger partial charge in [0.25, 0.3) is 16.0 Å². The van der Waals surface area contributed by atoms with Crippen LogP contribution in [0.4, 0.5) is 4.39 Å². The van der Waals surface area contributed by atoms with Crippen LogP contribution in [-0.2, 0) is 26.9 Å². The summed E-state index contributed by atoms with van der Waals surface area (Å²) in [6.45, 7) is 1.40. The van der Waals surface area contributed by atoms with Crippen LogP contribution in [-0.4, -0.2) is 47.0 Å². The number of likely N-dealkylation sites (N-methyl/N-ethyl adjacent to an activating group) is 1. The molecule has 8 nitrogen and oxygen atoms in total. The zero-order valence-electron chi connectivity index (χ0n) is 18.5. The molecular formula is C24H23FN4O4S. The van der Waals surface area contributed by atoms with Gasteiger partial charge in [-0.05, 0) is 53.8 Å². The highest BCUT2D eigenvalue weighted by Crippen LogP contribution is 2.41. The lowest BCUT2D eigenvalue weighted by Gasteiger charge is -2.27. The number of pyridine rings is 1. The van der Waals surface area contributed by atoms with Gasteiger partial charge in [-0.2, -0.15) is 12.8 Å². The van der Waals surface area contributed by atoms with Gasteiger partial charge in [-0.15, -0.1) is 0 Å². The number of carbonyl (C=O) groups is 1. The number of nitrogens with zero attached hydrogens (tertiary/aromatic N) is 3. The quantitative estimate of drug-likeness (QED) is 0.411. The van der Waals surface area contributed by atoms with Gasteiger partial charge in [0, 0.05) is 18.8 Å². The summed E-state index contributed by atoms with van der Waals surface area (Å²) in [5, 5.41) is -1.04. The molecule has 1 aliphatic rings. The Kier molecular flexibility index (Phi) is 5.96. The second-order valence-corrected chi connectivity index (χ2v) is 10.0. The van der Waals surface area contributed by atoms with Crippen molar-refractivity contribution in [1.82, 2.24) is 9.88 Å². The first kappa shape index (κ1) is 23.5. The molecule has 2 heterocycles. The first-order chi connectivity index (χ1) is 16.0. The number of hydrogen-bond acceptors (Lipinski definition) is 6. The fourth-order valence-corrected chi connectivity index (χ4v) is 4.46. The van der Waals surface area contributed by atoms with Crippen LogP contribution in [0.1, 0.15) is 23.6 Å². The molecule has 1 aliphatic heterocycles. The maximum absolute atomic E-state index is 14.4. The normalized spacial score (nSPS) is 19.2. The summed E-state index contributed by atoms with van der Waals surface area (Å²) in [5.41, 5.74) is 6.79. The van der Waals surface area contributed by atoms with Gasteiger partial charge >= 0.3 is 0 Å². The molecule has 0 spiro atoms. The van der Waals surface area contributed by atoms with E-state index < -0.39 is 32.8 Å². The molecule has 1 aromatic heterocycles. The van der Waals surface area contributed by atoms with Crippen LogP contribution in [0.3, 0.4) is 0 Å². The predicted molar refractivity (Wildman–Crippen MR) is 126 cm³/mol. The van der Waals surface area contributed by atoms with Gasteiger partial charge in [0.1, 0.15) is 0 Å². The Balaban J connectivity index is 1.88. The lowest BCUT2D eigenvalue weighted by atomic mass is 9.81. The average Bonchev–Trinajstić information content (AvgIpc) is 3.04. The minimum absolute atomic E-state index is 0.0136. The second kappa shape index (κ2) is 8.62. The number of aliphatic imine (C=N–C) groups is 1. The molecule has 0 saturated carbocycles. The molecular weight excluding hydrogens is 459 g/mol. The smallest absolute Gasteiger partial charge is 0.267 e. The highest BCUT2D eigenvalue weighted by atomic mass is 32.2. The maximum Gasteiger partial charge on any atom is 0.267 e. The van der Waals surface area contributed by atoms with Gasteiger partial charge in [0.15, 0.2) is 11.5 Å². The molecule has 2 unspecified atom stereocenters. The molecule has 0 fully saturated rings. The Morgan fingerprint density at radius 1 is 1.12 bits per heavy atom. The van der Waals surface area contributed by atoms with Crippen LogP contribution in [0.2, 0.25) is 0 Å². The van der Waals surface area contributed by atoms with Gasteiger partial charge in [0.05, 0.1) is 5.25 Å². The molecule has 0 radical (unpaired) electrons. The fraction of sp³-hybridized carbons (Fsp3) is 0.208. The van der Waals surface area contributed by atoms with E-state index in [1.165, 1.54) is 25.1 Å². The zero-order chi connectivity index (χ0) is 24.7. The van der Waals surface area contributed by atoms with Crippen molar-refractivity contribution in [3.63, 3.8) is 0 Å².